The third-order valence-corrected chi connectivity index (χ3v) is 5.87. The number of primary sulfonamides is 1. The van der Waals surface area contributed by atoms with E-state index in [4.69, 9.17) is 14.4 Å². The smallest absolute Gasteiger partial charge is 0.399 e. The predicted octanol–water partition coefficient (Wildman–Crippen LogP) is 2.30. The Morgan fingerprint density at radius 1 is 0.920 bits per heavy atom. The molecule has 132 valence electrons. The van der Waals surface area contributed by atoms with Crippen molar-refractivity contribution in [2.24, 2.45) is 5.14 Å². The second kappa shape index (κ2) is 5.95. The van der Waals surface area contributed by atoms with E-state index >= 15 is 0 Å². The van der Waals surface area contributed by atoms with Crippen LogP contribution in [0.5, 0.6) is 0 Å². The van der Waals surface area contributed by atoms with Crippen LogP contribution in [0.25, 0.3) is 11.1 Å². The summed E-state index contributed by atoms with van der Waals surface area (Å²) in [6.45, 7) is 7.80. The fourth-order valence-corrected chi connectivity index (χ4v) is 3.55. The second-order valence-corrected chi connectivity index (χ2v) is 8.78. The minimum absolute atomic E-state index is 0.0610. The summed E-state index contributed by atoms with van der Waals surface area (Å²) in [6, 6.07) is 14.4. The fraction of sp³-hybridized carbons (Fsp3) is 0.333. The summed E-state index contributed by atoms with van der Waals surface area (Å²) in [5.74, 6) is 0. The largest absolute Gasteiger partial charge is 0.494 e. The lowest BCUT2D eigenvalue weighted by atomic mass is 9.78. The van der Waals surface area contributed by atoms with Gasteiger partial charge in [0.1, 0.15) is 0 Å². The molecule has 1 heterocycles. The Morgan fingerprint density at radius 3 is 2.00 bits per heavy atom. The van der Waals surface area contributed by atoms with E-state index in [1.807, 2.05) is 64.1 Å². The summed E-state index contributed by atoms with van der Waals surface area (Å²) < 4.78 is 36.3. The highest BCUT2D eigenvalue weighted by Crippen LogP contribution is 2.37. The highest BCUT2D eigenvalue weighted by atomic mass is 32.2. The van der Waals surface area contributed by atoms with Gasteiger partial charge in [0.05, 0.1) is 16.1 Å². The summed E-state index contributed by atoms with van der Waals surface area (Å²) in [5.41, 5.74) is 0.965. The van der Waals surface area contributed by atoms with Gasteiger partial charge in [-0.25, -0.2) is 13.6 Å². The molecule has 2 aromatic carbocycles. The molecule has 5 nitrogen and oxygen atoms in total. The summed E-state index contributed by atoms with van der Waals surface area (Å²) in [5, 5.41) is 5.46. The van der Waals surface area contributed by atoms with Gasteiger partial charge in [0.15, 0.2) is 0 Å². The van der Waals surface area contributed by atoms with Gasteiger partial charge < -0.3 is 9.31 Å². The maximum Gasteiger partial charge on any atom is 0.494 e. The van der Waals surface area contributed by atoms with E-state index in [2.05, 4.69) is 0 Å². The van der Waals surface area contributed by atoms with Crippen LogP contribution >= 0.6 is 0 Å². The molecule has 2 N–H and O–H groups in total. The maximum atomic E-state index is 12.1. The van der Waals surface area contributed by atoms with Crippen LogP contribution in [0.1, 0.15) is 27.7 Å². The van der Waals surface area contributed by atoms with E-state index in [9.17, 15) is 8.42 Å². The van der Waals surface area contributed by atoms with E-state index in [1.54, 1.807) is 12.1 Å². The fourth-order valence-electron chi connectivity index (χ4n) is 2.76. The van der Waals surface area contributed by atoms with Crippen molar-refractivity contribution in [3.8, 4) is 11.1 Å². The first-order chi connectivity index (χ1) is 11.5. The average Bonchev–Trinajstić information content (AvgIpc) is 2.75. The molecule has 1 aliphatic heterocycles. The quantitative estimate of drug-likeness (QED) is 0.853. The third-order valence-electron chi connectivity index (χ3n) is 4.92. The van der Waals surface area contributed by atoms with Crippen molar-refractivity contribution in [2.45, 2.75) is 43.8 Å². The Labute approximate surface area is 149 Å². The van der Waals surface area contributed by atoms with Gasteiger partial charge in [0.2, 0.25) is 10.0 Å². The van der Waals surface area contributed by atoms with Gasteiger partial charge in [-0.2, -0.15) is 0 Å². The van der Waals surface area contributed by atoms with Crippen LogP contribution < -0.4 is 10.6 Å². The molecule has 0 aromatic heterocycles. The van der Waals surface area contributed by atoms with Crippen LogP contribution in [-0.2, 0) is 19.3 Å². The molecule has 0 unspecified atom stereocenters. The van der Waals surface area contributed by atoms with Gasteiger partial charge in [-0.3, -0.25) is 0 Å². The first-order valence-electron chi connectivity index (χ1n) is 8.09. The van der Waals surface area contributed by atoms with E-state index < -0.39 is 28.3 Å². The monoisotopic (exact) mass is 359 g/mol. The van der Waals surface area contributed by atoms with Gasteiger partial charge >= 0.3 is 7.12 Å². The van der Waals surface area contributed by atoms with Crippen LogP contribution in [0.15, 0.2) is 53.4 Å². The number of nitrogens with two attached hydrogens (primary N) is 1. The summed E-state index contributed by atoms with van der Waals surface area (Å²) in [4.78, 5) is 0.0610. The number of sulfonamides is 1. The summed E-state index contributed by atoms with van der Waals surface area (Å²) >= 11 is 0. The highest BCUT2D eigenvalue weighted by molar-refractivity contribution is 7.89. The lowest BCUT2D eigenvalue weighted by Gasteiger charge is -2.32. The molecule has 0 amide bonds. The van der Waals surface area contributed by atoms with Crippen molar-refractivity contribution in [1.82, 2.24) is 0 Å². The van der Waals surface area contributed by atoms with Crippen LogP contribution in [0.3, 0.4) is 0 Å². The minimum atomic E-state index is -3.90. The van der Waals surface area contributed by atoms with Gasteiger partial charge in [-0.15, -0.1) is 0 Å². The Morgan fingerprint density at radius 2 is 1.48 bits per heavy atom. The number of rotatable bonds is 3. The first kappa shape index (κ1) is 18.1. The van der Waals surface area contributed by atoms with E-state index in [1.165, 1.54) is 0 Å². The second-order valence-electron chi connectivity index (χ2n) is 7.25. The molecule has 3 rings (SSSR count). The first-order valence-corrected chi connectivity index (χ1v) is 9.64. The third kappa shape index (κ3) is 3.37. The van der Waals surface area contributed by atoms with Gasteiger partial charge in [-0.1, -0.05) is 42.5 Å². The SMILES string of the molecule is CC1(C)OB(c2ccc(-c3ccccc3)c(S(N)(=O)=O)c2)OC1(C)C. The molecule has 0 atom stereocenters. The minimum Gasteiger partial charge on any atom is -0.399 e. The van der Waals surface area contributed by atoms with Crippen molar-refractivity contribution in [3.63, 3.8) is 0 Å². The van der Waals surface area contributed by atoms with E-state index in [-0.39, 0.29) is 4.90 Å². The predicted molar refractivity (Wildman–Crippen MR) is 99.0 cm³/mol. The molecular weight excluding hydrogens is 337 g/mol. The molecule has 1 saturated heterocycles. The molecule has 0 bridgehead atoms. The molecule has 25 heavy (non-hydrogen) atoms. The molecule has 0 aliphatic carbocycles. The van der Waals surface area contributed by atoms with Crippen molar-refractivity contribution >= 4 is 22.6 Å². The number of hydrogen-bond donors (Lipinski definition) is 1. The lowest BCUT2D eigenvalue weighted by Crippen LogP contribution is -2.41. The van der Waals surface area contributed by atoms with E-state index in [0.717, 1.165) is 5.56 Å². The summed E-state index contributed by atoms with van der Waals surface area (Å²) in [7, 11) is -4.55. The molecule has 0 radical (unpaired) electrons. The van der Waals surface area contributed by atoms with Gasteiger partial charge in [0.25, 0.3) is 0 Å². The molecule has 1 aliphatic rings. The maximum absolute atomic E-state index is 12.1. The zero-order chi connectivity index (χ0) is 18.5. The standard InChI is InChI=1S/C18H22BNO4S/c1-17(2)18(3,4)24-19(23-17)14-10-11-15(13-8-6-5-7-9-13)16(12-14)25(20,21)22/h5-12H,1-4H3,(H2,20,21,22). The van der Waals surface area contributed by atoms with Crippen molar-refractivity contribution < 1.29 is 17.7 Å². The van der Waals surface area contributed by atoms with Crippen LogP contribution in [0, 0.1) is 0 Å². The highest BCUT2D eigenvalue weighted by Gasteiger charge is 2.51. The zero-order valence-corrected chi connectivity index (χ0v) is 15.6. The van der Waals surface area contributed by atoms with Crippen LogP contribution in [0.2, 0.25) is 0 Å². The normalized spacial score (nSPS) is 19.2. The molecular formula is C18H22BNO4S. The molecule has 2 aromatic rings. The van der Waals surface area contributed by atoms with Crippen molar-refractivity contribution in [1.29, 1.82) is 0 Å². The van der Waals surface area contributed by atoms with E-state index in [0.29, 0.717) is 11.0 Å². The Hall–Kier alpha value is -1.67. The van der Waals surface area contributed by atoms with Crippen molar-refractivity contribution in [3.05, 3.63) is 48.5 Å². The van der Waals surface area contributed by atoms with Crippen LogP contribution in [-0.4, -0.2) is 26.7 Å². The lowest BCUT2D eigenvalue weighted by molar-refractivity contribution is 0.00578. The Bertz CT molecular complexity index is 879. The average molecular weight is 359 g/mol. The molecule has 0 spiro atoms. The Kier molecular flexibility index (Phi) is 4.32. The molecule has 7 heteroatoms. The Balaban J connectivity index is 2.08. The summed E-state index contributed by atoms with van der Waals surface area (Å²) in [6.07, 6.45) is 0. The number of benzene rings is 2. The zero-order valence-electron chi connectivity index (χ0n) is 14.8. The van der Waals surface area contributed by atoms with Gasteiger partial charge in [-0.05, 0) is 44.8 Å². The van der Waals surface area contributed by atoms with Crippen molar-refractivity contribution in [2.75, 3.05) is 0 Å². The van der Waals surface area contributed by atoms with Crippen LogP contribution in [0.4, 0.5) is 0 Å². The molecule has 0 saturated carbocycles. The topological polar surface area (TPSA) is 78.6 Å². The van der Waals surface area contributed by atoms with Gasteiger partial charge in [0, 0.05) is 5.56 Å². The number of hydrogen-bond acceptors (Lipinski definition) is 4. The molecule has 1 fully saturated rings.